The first-order valence-electron chi connectivity index (χ1n) is 5.80. The highest BCUT2D eigenvalue weighted by atomic mass is 16.5. The van der Waals surface area contributed by atoms with Gasteiger partial charge in [-0.05, 0) is 12.8 Å². The molecule has 0 aliphatic carbocycles. The van der Waals surface area contributed by atoms with Crippen molar-refractivity contribution in [3.05, 3.63) is 0 Å². The molecule has 0 aromatic heterocycles. The SMILES string of the molecule is CCC(CC)N(CCOC)CC(O)CN. The monoisotopic (exact) mass is 218 g/mol. The molecule has 0 fully saturated rings. The molecule has 15 heavy (non-hydrogen) atoms. The molecule has 0 rings (SSSR count). The maximum Gasteiger partial charge on any atom is 0.0789 e. The number of ether oxygens (including phenoxy) is 1. The molecule has 1 unspecified atom stereocenters. The summed E-state index contributed by atoms with van der Waals surface area (Å²) in [6.07, 6.45) is 1.76. The molecule has 0 saturated carbocycles. The van der Waals surface area contributed by atoms with Crippen LogP contribution in [0.3, 0.4) is 0 Å². The third-order valence-corrected chi connectivity index (χ3v) is 2.76. The van der Waals surface area contributed by atoms with Crippen LogP contribution in [0.1, 0.15) is 26.7 Å². The molecular weight excluding hydrogens is 192 g/mol. The van der Waals surface area contributed by atoms with Gasteiger partial charge in [-0.2, -0.15) is 0 Å². The number of hydrogen-bond acceptors (Lipinski definition) is 4. The highest BCUT2D eigenvalue weighted by Gasteiger charge is 2.17. The normalized spacial score (nSPS) is 13.8. The van der Waals surface area contributed by atoms with E-state index in [1.54, 1.807) is 7.11 Å². The van der Waals surface area contributed by atoms with Crippen LogP contribution in [0, 0.1) is 0 Å². The molecule has 0 aliphatic rings. The maximum absolute atomic E-state index is 9.56. The summed E-state index contributed by atoms with van der Waals surface area (Å²) in [5.74, 6) is 0. The van der Waals surface area contributed by atoms with E-state index in [-0.39, 0.29) is 0 Å². The van der Waals surface area contributed by atoms with Gasteiger partial charge in [-0.1, -0.05) is 13.8 Å². The van der Waals surface area contributed by atoms with Gasteiger partial charge in [0.25, 0.3) is 0 Å². The minimum Gasteiger partial charge on any atom is -0.390 e. The van der Waals surface area contributed by atoms with E-state index in [4.69, 9.17) is 10.5 Å². The third-order valence-electron chi connectivity index (χ3n) is 2.76. The minimum absolute atomic E-state index is 0.323. The Bertz CT molecular complexity index is 141. The molecule has 92 valence electrons. The predicted octanol–water partition coefficient (Wildman–Crippen LogP) is 0.443. The summed E-state index contributed by atoms with van der Waals surface area (Å²) >= 11 is 0. The average Bonchev–Trinajstić information content (AvgIpc) is 2.26. The molecule has 0 aliphatic heterocycles. The number of nitrogens with zero attached hydrogens (tertiary/aromatic N) is 1. The predicted molar refractivity (Wildman–Crippen MR) is 62.9 cm³/mol. The molecule has 3 N–H and O–H groups in total. The number of rotatable bonds is 9. The molecule has 1 atom stereocenters. The lowest BCUT2D eigenvalue weighted by molar-refractivity contribution is 0.0646. The largest absolute Gasteiger partial charge is 0.390 e. The number of nitrogens with two attached hydrogens (primary N) is 1. The van der Waals surface area contributed by atoms with Gasteiger partial charge in [-0.25, -0.2) is 0 Å². The number of hydrogen-bond donors (Lipinski definition) is 2. The Hall–Kier alpha value is -0.160. The first-order chi connectivity index (χ1) is 7.19. The topological polar surface area (TPSA) is 58.7 Å². The lowest BCUT2D eigenvalue weighted by atomic mass is 10.1. The number of methoxy groups -OCH3 is 1. The van der Waals surface area contributed by atoms with Crippen molar-refractivity contribution in [1.29, 1.82) is 0 Å². The number of aliphatic hydroxyl groups is 1. The van der Waals surface area contributed by atoms with Gasteiger partial charge in [0.2, 0.25) is 0 Å². The van der Waals surface area contributed by atoms with Crippen LogP contribution in [-0.2, 0) is 4.74 Å². The van der Waals surface area contributed by atoms with Crippen molar-refractivity contribution in [3.63, 3.8) is 0 Å². The van der Waals surface area contributed by atoms with Crippen LogP contribution in [0.2, 0.25) is 0 Å². The summed E-state index contributed by atoms with van der Waals surface area (Å²) in [4.78, 5) is 2.26. The molecule has 0 radical (unpaired) electrons. The second-order valence-electron chi connectivity index (χ2n) is 3.85. The van der Waals surface area contributed by atoms with Crippen molar-refractivity contribution >= 4 is 0 Å². The summed E-state index contributed by atoms with van der Waals surface area (Å²) in [7, 11) is 1.70. The second-order valence-corrected chi connectivity index (χ2v) is 3.85. The Morgan fingerprint density at radius 2 is 1.93 bits per heavy atom. The zero-order valence-corrected chi connectivity index (χ0v) is 10.3. The van der Waals surface area contributed by atoms with Gasteiger partial charge in [0.15, 0.2) is 0 Å². The van der Waals surface area contributed by atoms with Crippen LogP contribution in [0.4, 0.5) is 0 Å². The van der Waals surface area contributed by atoms with E-state index in [1.807, 2.05) is 0 Å². The van der Waals surface area contributed by atoms with Gasteiger partial charge in [0.05, 0.1) is 12.7 Å². The minimum atomic E-state index is -0.428. The molecular formula is C11H26N2O2. The summed E-state index contributed by atoms with van der Waals surface area (Å²) in [6.45, 7) is 6.87. The summed E-state index contributed by atoms with van der Waals surface area (Å²) in [5.41, 5.74) is 5.42. The Kier molecular flexibility index (Phi) is 9.00. The second kappa shape index (κ2) is 9.09. The first kappa shape index (κ1) is 14.8. The van der Waals surface area contributed by atoms with Crippen molar-refractivity contribution in [3.8, 4) is 0 Å². The standard InChI is InChI=1S/C11H26N2O2/c1-4-10(5-2)13(6-7-15-3)9-11(14)8-12/h10-11,14H,4-9,12H2,1-3H3. The fourth-order valence-electron chi connectivity index (χ4n) is 1.78. The molecule has 0 bridgehead atoms. The van der Waals surface area contributed by atoms with E-state index >= 15 is 0 Å². The fraction of sp³-hybridized carbons (Fsp3) is 1.00. The third kappa shape index (κ3) is 6.10. The van der Waals surface area contributed by atoms with Gasteiger partial charge in [0, 0.05) is 32.8 Å². The van der Waals surface area contributed by atoms with Crippen molar-refractivity contribution in [2.45, 2.75) is 38.8 Å². The van der Waals surface area contributed by atoms with Crippen LogP contribution >= 0.6 is 0 Å². The van der Waals surface area contributed by atoms with E-state index in [0.29, 0.717) is 25.7 Å². The van der Waals surface area contributed by atoms with Crippen LogP contribution in [0.5, 0.6) is 0 Å². The Balaban J connectivity index is 4.14. The van der Waals surface area contributed by atoms with Gasteiger partial charge >= 0.3 is 0 Å². The zero-order valence-electron chi connectivity index (χ0n) is 10.3. The van der Waals surface area contributed by atoms with Gasteiger partial charge in [-0.3, -0.25) is 4.90 Å². The van der Waals surface area contributed by atoms with Gasteiger partial charge in [0.1, 0.15) is 0 Å². The maximum atomic E-state index is 9.56. The molecule has 0 aromatic carbocycles. The lowest BCUT2D eigenvalue weighted by Gasteiger charge is -2.31. The summed E-state index contributed by atoms with van der Waals surface area (Å²) in [6, 6.07) is 0.515. The molecule has 0 heterocycles. The highest BCUT2D eigenvalue weighted by molar-refractivity contribution is 4.72. The molecule has 0 spiro atoms. The molecule has 0 amide bonds. The molecule has 0 saturated heterocycles. The Morgan fingerprint density at radius 3 is 2.33 bits per heavy atom. The molecule has 4 nitrogen and oxygen atoms in total. The summed E-state index contributed by atoms with van der Waals surface area (Å²) in [5, 5.41) is 9.56. The van der Waals surface area contributed by atoms with E-state index in [9.17, 15) is 5.11 Å². The first-order valence-corrected chi connectivity index (χ1v) is 5.80. The van der Waals surface area contributed by atoms with Crippen molar-refractivity contribution in [1.82, 2.24) is 4.90 Å². The molecule has 0 aromatic rings. The van der Waals surface area contributed by atoms with Crippen molar-refractivity contribution < 1.29 is 9.84 Å². The van der Waals surface area contributed by atoms with Crippen molar-refractivity contribution in [2.24, 2.45) is 5.73 Å². The van der Waals surface area contributed by atoms with Crippen LogP contribution in [0.15, 0.2) is 0 Å². The van der Waals surface area contributed by atoms with Crippen LogP contribution in [-0.4, -0.2) is 55.5 Å². The molecule has 4 heteroatoms. The van der Waals surface area contributed by atoms with Crippen molar-refractivity contribution in [2.75, 3.05) is 33.4 Å². The quantitative estimate of drug-likeness (QED) is 0.590. The zero-order chi connectivity index (χ0) is 11.7. The Morgan fingerprint density at radius 1 is 1.33 bits per heavy atom. The Labute approximate surface area is 93.4 Å². The van der Waals surface area contributed by atoms with E-state index < -0.39 is 6.10 Å². The fourth-order valence-corrected chi connectivity index (χ4v) is 1.78. The smallest absolute Gasteiger partial charge is 0.0789 e. The highest BCUT2D eigenvalue weighted by Crippen LogP contribution is 2.08. The van der Waals surface area contributed by atoms with Crippen LogP contribution in [0.25, 0.3) is 0 Å². The van der Waals surface area contributed by atoms with E-state index in [2.05, 4.69) is 18.7 Å². The number of aliphatic hydroxyl groups excluding tert-OH is 1. The van der Waals surface area contributed by atoms with Gasteiger partial charge in [-0.15, -0.1) is 0 Å². The van der Waals surface area contributed by atoms with Crippen LogP contribution < -0.4 is 5.73 Å². The van der Waals surface area contributed by atoms with Gasteiger partial charge < -0.3 is 15.6 Å². The lowest BCUT2D eigenvalue weighted by Crippen LogP contribution is -2.43. The van der Waals surface area contributed by atoms with E-state index in [1.165, 1.54) is 0 Å². The summed E-state index contributed by atoms with van der Waals surface area (Å²) < 4.78 is 5.07. The van der Waals surface area contributed by atoms with E-state index in [0.717, 1.165) is 19.4 Å². The average molecular weight is 218 g/mol.